The number of rotatable bonds is 6. The molecule has 0 radical (unpaired) electrons. The van der Waals surface area contributed by atoms with Crippen LogP contribution in [0.15, 0.2) is 30.3 Å². The highest BCUT2D eigenvalue weighted by atomic mass is 16.5. The highest BCUT2D eigenvalue weighted by Gasteiger charge is 2.11. The second kappa shape index (κ2) is 7.58. The maximum Gasteiger partial charge on any atom is 0.274 e. The fraction of sp³-hybridized carbons (Fsp3) is 0.353. The highest BCUT2D eigenvalue weighted by Crippen LogP contribution is 2.17. The van der Waals surface area contributed by atoms with Crippen molar-refractivity contribution in [1.82, 2.24) is 9.97 Å². The number of benzene rings is 1. The predicted molar refractivity (Wildman–Crippen MR) is 91.0 cm³/mol. The summed E-state index contributed by atoms with van der Waals surface area (Å²) >= 11 is 0. The molecule has 2 rings (SSSR count). The number of hydrogen-bond acceptors (Lipinski definition) is 5. The van der Waals surface area contributed by atoms with Gasteiger partial charge in [-0.2, -0.15) is 0 Å². The molecule has 0 aliphatic rings. The van der Waals surface area contributed by atoms with E-state index < -0.39 is 0 Å². The van der Waals surface area contributed by atoms with Crippen molar-refractivity contribution in [2.45, 2.75) is 20.8 Å². The van der Waals surface area contributed by atoms with Gasteiger partial charge in [0.2, 0.25) is 0 Å². The number of hydrogen-bond donors (Lipinski definition) is 2. The Morgan fingerprint density at radius 1 is 1.26 bits per heavy atom. The summed E-state index contributed by atoms with van der Waals surface area (Å²) in [6, 6.07) is 8.84. The van der Waals surface area contributed by atoms with Crippen LogP contribution in [-0.4, -0.2) is 29.5 Å². The number of anilines is 2. The van der Waals surface area contributed by atoms with Gasteiger partial charge in [0, 0.05) is 24.4 Å². The molecule has 1 heterocycles. The number of nitrogens with zero attached hydrogens (tertiary/aromatic N) is 2. The minimum atomic E-state index is -0.281. The van der Waals surface area contributed by atoms with Crippen LogP contribution in [0.5, 0.6) is 5.75 Å². The highest BCUT2D eigenvalue weighted by molar-refractivity contribution is 6.03. The van der Waals surface area contributed by atoms with Gasteiger partial charge in [0.15, 0.2) is 0 Å². The van der Waals surface area contributed by atoms with Crippen molar-refractivity contribution in [2.75, 3.05) is 24.3 Å². The zero-order valence-electron chi connectivity index (χ0n) is 13.9. The summed E-state index contributed by atoms with van der Waals surface area (Å²) in [7, 11) is 1.58. The first-order chi connectivity index (χ1) is 11.0. The molecule has 0 spiro atoms. The van der Waals surface area contributed by atoms with Crippen molar-refractivity contribution in [3.8, 4) is 5.75 Å². The van der Waals surface area contributed by atoms with Crippen molar-refractivity contribution < 1.29 is 9.53 Å². The first-order valence-electron chi connectivity index (χ1n) is 7.53. The van der Waals surface area contributed by atoms with Crippen LogP contribution in [0, 0.1) is 12.8 Å². The molecule has 122 valence electrons. The minimum Gasteiger partial charge on any atom is -0.497 e. The Balaban J connectivity index is 2.14. The molecule has 0 fully saturated rings. The molecule has 0 aliphatic heterocycles. The van der Waals surface area contributed by atoms with Crippen LogP contribution in [0.4, 0.5) is 11.5 Å². The van der Waals surface area contributed by atoms with Crippen LogP contribution < -0.4 is 15.4 Å². The molecule has 1 aromatic heterocycles. The summed E-state index contributed by atoms with van der Waals surface area (Å²) in [6.07, 6.45) is 0. The maximum absolute atomic E-state index is 12.4. The normalized spacial score (nSPS) is 10.5. The number of carbonyl (C=O) groups excluding carboxylic acids is 1. The van der Waals surface area contributed by atoms with Crippen LogP contribution in [0.3, 0.4) is 0 Å². The monoisotopic (exact) mass is 314 g/mol. The van der Waals surface area contributed by atoms with Gasteiger partial charge in [-0.05, 0) is 25.0 Å². The molecule has 0 bridgehead atoms. The van der Waals surface area contributed by atoms with E-state index >= 15 is 0 Å². The van der Waals surface area contributed by atoms with E-state index in [0.29, 0.717) is 34.7 Å². The van der Waals surface area contributed by atoms with Gasteiger partial charge in [0.1, 0.15) is 23.1 Å². The Morgan fingerprint density at radius 2 is 2.04 bits per heavy atom. The van der Waals surface area contributed by atoms with E-state index in [-0.39, 0.29) is 5.91 Å². The Labute approximate surface area is 136 Å². The SMILES string of the molecule is COc1cccc(NC(=O)c2cc(NCC(C)C)nc(C)n2)c1. The minimum absolute atomic E-state index is 0.281. The zero-order valence-corrected chi connectivity index (χ0v) is 13.9. The van der Waals surface area contributed by atoms with Crippen LogP contribution in [0.1, 0.15) is 30.2 Å². The smallest absolute Gasteiger partial charge is 0.274 e. The number of amides is 1. The van der Waals surface area contributed by atoms with Crippen LogP contribution in [0.25, 0.3) is 0 Å². The summed E-state index contributed by atoms with van der Waals surface area (Å²) in [5.41, 5.74) is 0.980. The van der Waals surface area contributed by atoms with Gasteiger partial charge in [0.05, 0.1) is 7.11 Å². The predicted octanol–water partition coefficient (Wildman–Crippen LogP) is 3.11. The van der Waals surface area contributed by atoms with E-state index in [1.165, 1.54) is 0 Å². The van der Waals surface area contributed by atoms with Crippen molar-refractivity contribution in [3.05, 3.63) is 41.9 Å². The molecule has 0 saturated carbocycles. The third-order valence-electron chi connectivity index (χ3n) is 3.09. The van der Waals surface area contributed by atoms with Gasteiger partial charge < -0.3 is 15.4 Å². The molecule has 0 aliphatic carbocycles. The fourth-order valence-corrected chi connectivity index (χ4v) is 1.98. The standard InChI is InChI=1S/C17H22N4O2/c1-11(2)10-18-16-9-15(19-12(3)20-16)17(22)21-13-6-5-7-14(8-13)23-4/h5-9,11H,10H2,1-4H3,(H,21,22)(H,18,19,20). The van der Waals surface area contributed by atoms with Crippen molar-refractivity contribution in [2.24, 2.45) is 5.92 Å². The summed E-state index contributed by atoms with van der Waals surface area (Å²) in [4.78, 5) is 20.9. The molecule has 6 nitrogen and oxygen atoms in total. The molecular weight excluding hydrogens is 292 g/mol. The Hall–Kier alpha value is -2.63. The van der Waals surface area contributed by atoms with E-state index in [1.54, 1.807) is 32.2 Å². The number of methoxy groups -OCH3 is 1. The Morgan fingerprint density at radius 3 is 2.74 bits per heavy atom. The number of aromatic nitrogens is 2. The van der Waals surface area contributed by atoms with Gasteiger partial charge in [-0.15, -0.1) is 0 Å². The number of aryl methyl sites for hydroxylation is 1. The van der Waals surface area contributed by atoms with Crippen molar-refractivity contribution in [3.63, 3.8) is 0 Å². The lowest BCUT2D eigenvalue weighted by molar-refractivity contribution is 0.102. The number of ether oxygens (including phenoxy) is 1. The average Bonchev–Trinajstić information content (AvgIpc) is 2.52. The topological polar surface area (TPSA) is 76.1 Å². The van der Waals surface area contributed by atoms with Crippen molar-refractivity contribution in [1.29, 1.82) is 0 Å². The quantitative estimate of drug-likeness (QED) is 0.857. The zero-order chi connectivity index (χ0) is 16.8. The second-order valence-electron chi connectivity index (χ2n) is 5.65. The van der Waals surface area contributed by atoms with E-state index in [4.69, 9.17) is 4.74 Å². The molecule has 0 saturated heterocycles. The van der Waals surface area contributed by atoms with Crippen molar-refractivity contribution >= 4 is 17.4 Å². The summed E-state index contributed by atoms with van der Waals surface area (Å²) in [6.45, 7) is 6.77. The molecule has 2 N–H and O–H groups in total. The summed E-state index contributed by atoms with van der Waals surface area (Å²) in [5, 5.41) is 6.03. The molecule has 1 amide bonds. The number of carbonyl (C=O) groups is 1. The molecule has 0 unspecified atom stereocenters. The third kappa shape index (κ3) is 4.95. The lowest BCUT2D eigenvalue weighted by Crippen LogP contribution is -2.16. The van der Waals surface area contributed by atoms with Gasteiger partial charge in [-0.25, -0.2) is 9.97 Å². The fourth-order valence-electron chi connectivity index (χ4n) is 1.98. The molecule has 2 aromatic rings. The maximum atomic E-state index is 12.4. The van der Waals surface area contributed by atoms with Gasteiger partial charge >= 0.3 is 0 Å². The van der Waals surface area contributed by atoms with Crippen LogP contribution >= 0.6 is 0 Å². The average molecular weight is 314 g/mol. The first kappa shape index (κ1) is 16.7. The van der Waals surface area contributed by atoms with E-state index in [2.05, 4.69) is 34.4 Å². The van der Waals surface area contributed by atoms with E-state index in [0.717, 1.165) is 6.54 Å². The molecule has 0 atom stereocenters. The molecule has 23 heavy (non-hydrogen) atoms. The lowest BCUT2D eigenvalue weighted by Gasteiger charge is -2.11. The lowest BCUT2D eigenvalue weighted by atomic mass is 10.2. The largest absolute Gasteiger partial charge is 0.497 e. The third-order valence-corrected chi connectivity index (χ3v) is 3.09. The Bertz CT molecular complexity index is 686. The van der Waals surface area contributed by atoms with Gasteiger partial charge in [0.25, 0.3) is 5.91 Å². The first-order valence-corrected chi connectivity index (χ1v) is 7.53. The van der Waals surface area contributed by atoms with Crippen LogP contribution in [0.2, 0.25) is 0 Å². The molecule has 1 aromatic carbocycles. The summed E-state index contributed by atoms with van der Waals surface area (Å²) < 4.78 is 5.15. The molecular formula is C17H22N4O2. The number of nitrogens with one attached hydrogen (secondary N) is 2. The van der Waals surface area contributed by atoms with Gasteiger partial charge in [-0.1, -0.05) is 19.9 Å². The molecule has 6 heteroatoms. The Kier molecular flexibility index (Phi) is 5.51. The van der Waals surface area contributed by atoms with E-state index in [1.807, 2.05) is 12.1 Å². The summed E-state index contributed by atoms with van der Waals surface area (Å²) in [5.74, 6) is 2.09. The van der Waals surface area contributed by atoms with Gasteiger partial charge in [-0.3, -0.25) is 4.79 Å². The second-order valence-corrected chi connectivity index (χ2v) is 5.65. The van der Waals surface area contributed by atoms with Crippen LogP contribution in [-0.2, 0) is 0 Å². The van der Waals surface area contributed by atoms with E-state index in [9.17, 15) is 4.79 Å².